The molecule has 1 N–H and O–H groups in total. The van der Waals surface area contributed by atoms with Crippen molar-refractivity contribution in [2.45, 2.75) is 31.8 Å². The fraction of sp³-hybridized carbons (Fsp3) is 0.467. The Bertz CT molecular complexity index is 544. The topological polar surface area (TPSA) is 58.6 Å². The van der Waals surface area contributed by atoms with Crippen molar-refractivity contribution in [3.05, 3.63) is 29.8 Å². The van der Waals surface area contributed by atoms with Crippen molar-refractivity contribution in [1.82, 2.24) is 10.2 Å². The van der Waals surface area contributed by atoms with E-state index in [2.05, 4.69) is 5.32 Å². The lowest BCUT2D eigenvalue weighted by Gasteiger charge is -2.28. The van der Waals surface area contributed by atoms with Crippen LogP contribution in [0.25, 0.3) is 0 Å². The summed E-state index contributed by atoms with van der Waals surface area (Å²) in [5.41, 5.74) is 1.03. The minimum Gasteiger partial charge on any atom is -0.491 e. The molecular weight excluding hydrogens is 256 g/mol. The Labute approximate surface area is 117 Å². The Balaban J connectivity index is 1.89. The van der Waals surface area contributed by atoms with E-state index in [-0.39, 0.29) is 17.9 Å². The SMILES string of the molecule is CCC1NC(=O)CCN(C2COc3ccccc32)C1=O. The van der Waals surface area contributed by atoms with E-state index < -0.39 is 6.04 Å². The molecule has 0 aliphatic carbocycles. The summed E-state index contributed by atoms with van der Waals surface area (Å²) in [6, 6.07) is 7.27. The maximum absolute atomic E-state index is 12.6. The first-order valence-electron chi connectivity index (χ1n) is 7.02. The van der Waals surface area contributed by atoms with Crippen molar-refractivity contribution in [3.63, 3.8) is 0 Å². The zero-order valence-corrected chi connectivity index (χ0v) is 11.5. The number of hydrogen-bond donors (Lipinski definition) is 1. The number of rotatable bonds is 2. The van der Waals surface area contributed by atoms with Crippen molar-refractivity contribution in [2.24, 2.45) is 0 Å². The van der Waals surface area contributed by atoms with Gasteiger partial charge in [-0.1, -0.05) is 25.1 Å². The van der Waals surface area contributed by atoms with Gasteiger partial charge in [-0.15, -0.1) is 0 Å². The van der Waals surface area contributed by atoms with Gasteiger partial charge in [-0.25, -0.2) is 0 Å². The Morgan fingerprint density at radius 1 is 1.35 bits per heavy atom. The largest absolute Gasteiger partial charge is 0.491 e. The van der Waals surface area contributed by atoms with Crippen molar-refractivity contribution in [3.8, 4) is 5.75 Å². The number of nitrogens with zero attached hydrogens (tertiary/aromatic N) is 1. The number of nitrogens with one attached hydrogen (secondary N) is 1. The number of hydrogen-bond acceptors (Lipinski definition) is 3. The Hall–Kier alpha value is -2.04. The normalized spacial score (nSPS) is 25.8. The maximum Gasteiger partial charge on any atom is 0.245 e. The van der Waals surface area contributed by atoms with Gasteiger partial charge in [0.25, 0.3) is 0 Å². The molecule has 1 saturated heterocycles. The Morgan fingerprint density at radius 3 is 2.95 bits per heavy atom. The molecule has 5 nitrogen and oxygen atoms in total. The molecule has 1 fully saturated rings. The zero-order chi connectivity index (χ0) is 14.1. The van der Waals surface area contributed by atoms with Gasteiger partial charge in [0, 0.05) is 18.5 Å². The van der Waals surface area contributed by atoms with E-state index >= 15 is 0 Å². The van der Waals surface area contributed by atoms with Crippen LogP contribution in [0.2, 0.25) is 0 Å². The summed E-state index contributed by atoms with van der Waals surface area (Å²) in [6.45, 7) is 2.82. The van der Waals surface area contributed by atoms with Crippen LogP contribution in [-0.4, -0.2) is 35.9 Å². The van der Waals surface area contributed by atoms with Crippen LogP contribution in [0, 0.1) is 0 Å². The molecule has 3 rings (SSSR count). The van der Waals surface area contributed by atoms with Crippen molar-refractivity contribution < 1.29 is 14.3 Å². The molecule has 5 heteroatoms. The highest BCUT2D eigenvalue weighted by Gasteiger charge is 2.37. The van der Waals surface area contributed by atoms with Gasteiger partial charge < -0.3 is 15.0 Å². The number of amides is 2. The predicted molar refractivity (Wildman–Crippen MR) is 73.2 cm³/mol. The van der Waals surface area contributed by atoms with Crippen LogP contribution < -0.4 is 10.1 Å². The highest BCUT2D eigenvalue weighted by atomic mass is 16.5. The lowest BCUT2D eigenvalue weighted by Crippen LogP contribution is -2.45. The number of benzene rings is 1. The van der Waals surface area contributed by atoms with Gasteiger partial charge in [-0.05, 0) is 12.5 Å². The molecule has 2 aliphatic heterocycles. The number of carbonyl (C=O) groups excluding carboxylic acids is 2. The van der Waals surface area contributed by atoms with Crippen LogP contribution in [0.3, 0.4) is 0 Å². The summed E-state index contributed by atoms with van der Waals surface area (Å²) >= 11 is 0. The second-order valence-electron chi connectivity index (χ2n) is 5.17. The molecule has 0 radical (unpaired) electrons. The lowest BCUT2D eigenvalue weighted by molar-refractivity contribution is -0.136. The minimum absolute atomic E-state index is 0.0105. The van der Waals surface area contributed by atoms with Gasteiger partial charge in [0.05, 0.1) is 6.04 Å². The van der Waals surface area contributed by atoms with Crippen molar-refractivity contribution in [1.29, 1.82) is 0 Å². The first-order chi connectivity index (χ1) is 9.70. The fourth-order valence-corrected chi connectivity index (χ4v) is 2.85. The second kappa shape index (κ2) is 5.15. The molecule has 2 unspecified atom stereocenters. The monoisotopic (exact) mass is 274 g/mol. The van der Waals surface area contributed by atoms with Crippen LogP contribution >= 0.6 is 0 Å². The molecule has 20 heavy (non-hydrogen) atoms. The van der Waals surface area contributed by atoms with E-state index in [1.807, 2.05) is 31.2 Å². The van der Waals surface area contributed by atoms with Gasteiger partial charge in [0.1, 0.15) is 18.4 Å². The summed E-state index contributed by atoms with van der Waals surface area (Å²) in [4.78, 5) is 26.0. The summed E-state index contributed by atoms with van der Waals surface area (Å²) in [5.74, 6) is 0.769. The van der Waals surface area contributed by atoms with Gasteiger partial charge in [-0.3, -0.25) is 9.59 Å². The van der Waals surface area contributed by atoms with Crippen LogP contribution in [0.5, 0.6) is 5.75 Å². The molecule has 0 saturated carbocycles. The average Bonchev–Trinajstić information content (AvgIpc) is 2.82. The third-order valence-corrected chi connectivity index (χ3v) is 3.96. The smallest absolute Gasteiger partial charge is 0.245 e. The molecule has 2 heterocycles. The predicted octanol–water partition coefficient (Wildman–Crippen LogP) is 1.25. The van der Waals surface area contributed by atoms with Crippen molar-refractivity contribution in [2.75, 3.05) is 13.2 Å². The fourth-order valence-electron chi connectivity index (χ4n) is 2.85. The highest BCUT2D eigenvalue weighted by molar-refractivity contribution is 5.90. The van der Waals surface area contributed by atoms with Gasteiger partial charge in [0.2, 0.25) is 11.8 Å². The van der Waals surface area contributed by atoms with E-state index in [4.69, 9.17) is 4.74 Å². The first-order valence-corrected chi connectivity index (χ1v) is 7.02. The van der Waals surface area contributed by atoms with E-state index in [1.54, 1.807) is 4.90 Å². The third kappa shape index (κ3) is 2.13. The van der Waals surface area contributed by atoms with Crippen LogP contribution in [0.15, 0.2) is 24.3 Å². The molecule has 2 atom stereocenters. The van der Waals surface area contributed by atoms with Crippen LogP contribution in [0.4, 0.5) is 0 Å². The molecule has 1 aromatic carbocycles. The number of fused-ring (bicyclic) bond motifs is 1. The van der Waals surface area contributed by atoms with Gasteiger partial charge in [0.15, 0.2) is 0 Å². The molecule has 1 aromatic rings. The summed E-state index contributed by atoms with van der Waals surface area (Å²) in [6.07, 6.45) is 0.956. The first kappa shape index (κ1) is 13.0. The Morgan fingerprint density at radius 2 is 2.15 bits per heavy atom. The van der Waals surface area contributed by atoms with E-state index in [9.17, 15) is 9.59 Å². The summed E-state index contributed by atoms with van der Waals surface area (Å²) in [5, 5.41) is 2.78. The Kier molecular flexibility index (Phi) is 3.34. The number of ether oxygens (including phenoxy) is 1. The maximum atomic E-state index is 12.6. The molecule has 0 spiro atoms. The third-order valence-electron chi connectivity index (χ3n) is 3.96. The molecule has 0 aromatic heterocycles. The molecular formula is C15H18N2O3. The molecule has 2 amide bonds. The standard InChI is InChI=1S/C15H18N2O3/c1-2-11-15(19)17(8-7-14(18)16-11)12-9-20-13-6-4-3-5-10(12)13/h3-6,11-12H,2,7-9H2,1H3,(H,16,18). The quantitative estimate of drug-likeness (QED) is 0.883. The molecule has 2 aliphatic rings. The van der Waals surface area contributed by atoms with Crippen LogP contribution in [0.1, 0.15) is 31.4 Å². The summed E-state index contributed by atoms with van der Waals surface area (Å²) in [7, 11) is 0. The minimum atomic E-state index is -0.419. The second-order valence-corrected chi connectivity index (χ2v) is 5.17. The average molecular weight is 274 g/mol. The van der Waals surface area contributed by atoms with Gasteiger partial charge in [-0.2, -0.15) is 0 Å². The van der Waals surface area contributed by atoms with Gasteiger partial charge >= 0.3 is 0 Å². The molecule has 106 valence electrons. The lowest BCUT2D eigenvalue weighted by atomic mass is 10.1. The highest BCUT2D eigenvalue weighted by Crippen LogP contribution is 2.36. The van der Waals surface area contributed by atoms with E-state index in [0.717, 1.165) is 11.3 Å². The number of para-hydroxylation sites is 1. The van der Waals surface area contributed by atoms with Crippen LogP contribution in [-0.2, 0) is 9.59 Å². The zero-order valence-electron chi connectivity index (χ0n) is 11.5. The summed E-state index contributed by atoms with van der Waals surface area (Å²) < 4.78 is 5.65. The molecule has 0 bridgehead atoms. The van der Waals surface area contributed by atoms with Crippen molar-refractivity contribution >= 4 is 11.8 Å². The van der Waals surface area contributed by atoms with E-state index in [1.165, 1.54) is 0 Å². The number of carbonyl (C=O) groups is 2. The van der Waals surface area contributed by atoms with E-state index in [0.29, 0.717) is 26.0 Å².